The molecule has 0 aliphatic carbocycles. The minimum absolute atomic E-state index is 0.732. The zero-order valence-electron chi connectivity index (χ0n) is 16.3. The Morgan fingerprint density at radius 2 is 1.39 bits per heavy atom. The summed E-state index contributed by atoms with van der Waals surface area (Å²) in [6.45, 7) is 19.9. The molecule has 0 N–H and O–H groups in total. The quantitative estimate of drug-likeness (QED) is 0.633. The number of likely N-dealkylation sites (tertiary alicyclic amines) is 1. The molecule has 3 heteroatoms. The maximum atomic E-state index is 2.74. The van der Waals surface area contributed by atoms with Crippen molar-refractivity contribution in [2.45, 2.75) is 65.8 Å². The summed E-state index contributed by atoms with van der Waals surface area (Å²) in [5.74, 6) is 1.82. The first kappa shape index (κ1) is 19.2. The summed E-state index contributed by atoms with van der Waals surface area (Å²) in [6, 6.07) is 0.732. The van der Waals surface area contributed by atoms with Gasteiger partial charge in [-0.05, 0) is 64.6 Å². The first-order chi connectivity index (χ1) is 11.0. The highest BCUT2D eigenvalue weighted by Crippen LogP contribution is 2.20. The van der Waals surface area contributed by atoms with Gasteiger partial charge in [0, 0.05) is 38.8 Å². The van der Waals surface area contributed by atoms with Crippen LogP contribution in [0, 0.1) is 11.8 Å². The third-order valence-electron chi connectivity index (χ3n) is 5.87. The van der Waals surface area contributed by atoms with Crippen LogP contribution in [0.15, 0.2) is 0 Å². The number of rotatable bonds is 8. The lowest BCUT2D eigenvalue weighted by Crippen LogP contribution is -2.49. The Morgan fingerprint density at radius 1 is 0.783 bits per heavy atom. The first-order valence-corrected chi connectivity index (χ1v) is 10.2. The number of piperazine rings is 1. The van der Waals surface area contributed by atoms with Gasteiger partial charge in [-0.25, -0.2) is 0 Å². The van der Waals surface area contributed by atoms with Gasteiger partial charge in [0.25, 0.3) is 0 Å². The Morgan fingerprint density at radius 3 is 1.96 bits per heavy atom. The van der Waals surface area contributed by atoms with Crippen LogP contribution < -0.4 is 0 Å². The SMILES string of the molecule is CC(C)CCCCN1CCN(CC2CCN(C(C)C)CC2)CC1. The minimum Gasteiger partial charge on any atom is -0.301 e. The number of nitrogens with zero attached hydrogens (tertiary/aromatic N) is 3. The van der Waals surface area contributed by atoms with Crippen LogP contribution in [-0.4, -0.2) is 73.1 Å². The summed E-state index contributed by atoms with van der Waals surface area (Å²) in [5.41, 5.74) is 0. The van der Waals surface area contributed by atoms with Gasteiger partial charge in [0.1, 0.15) is 0 Å². The largest absolute Gasteiger partial charge is 0.301 e. The van der Waals surface area contributed by atoms with Crippen molar-refractivity contribution in [2.24, 2.45) is 11.8 Å². The zero-order valence-corrected chi connectivity index (χ0v) is 16.3. The third-order valence-corrected chi connectivity index (χ3v) is 5.87. The highest BCUT2D eigenvalue weighted by atomic mass is 15.3. The fourth-order valence-electron chi connectivity index (χ4n) is 4.10. The standard InChI is InChI=1S/C20H41N3/c1-18(2)7-5-6-10-21-13-15-22(16-14-21)17-20-8-11-23(12-9-20)19(3)4/h18-20H,5-17H2,1-4H3. The van der Waals surface area contributed by atoms with Crippen molar-refractivity contribution in [3.05, 3.63) is 0 Å². The Balaban J connectivity index is 1.55. The summed E-state index contributed by atoms with van der Waals surface area (Å²) < 4.78 is 0. The zero-order chi connectivity index (χ0) is 16.7. The molecular formula is C20H41N3. The lowest BCUT2D eigenvalue weighted by Gasteiger charge is -2.39. The molecule has 2 heterocycles. The van der Waals surface area contributed by atoms with Crippen molar-refractivity contribution in [1.29, 1.82) is 0 Å². The van der Waals surface area contributed by atoms with E-state index in [4.69, 9.17) is 0 Å². The van der Waals surface area contributed by atoms with Gasteiger partial charge in [0.15, 0.2) is 0 Å². The van der Waals surface area contributed by atoms with Crippen LogP contribution in [0.5, 0.6) is 0 Å². The molecule has 136 valence electrons. The van der Waals surface area contributed by atoms with Crippen LogP contribution in [0.25, 0.3) is 0 Å². The maximum absolute atomic E-state index is 2.74. The molecule has 2 aliphatic heterocycles. The molecule has 2 fully saturated rings. The summed E-state index contributed by atoms with van der Waals surface area (Å²) in [7, 11) is 0. The molecule has 0 atom stereocenters. The molecule has 2 saturated heterocycles. The predicted molar refractivity (Wildman–Crippen MR) is 101 cm³/mol. The molecular weight excluding hydrogens is 282 g/mol. The molecule has 2 aliphatic rings. The Kier molecular flexibility index (Phi) is 8.35. The van der Waals surface area contributed by atoms with Crippen molar-refractivity contribution in [3.63, 3.8) is 0 Å². The molecule has 2 rings (SSSR count). The highest BCUT2D eigenvalue weighted by molar-refractivity contribution is 4.79. The van der Waals surface area contributed by atoms with E-state index < -0.39 is 0 Å². The van der Waals surface area contributed by atoms with E-state index in [-0.39, 0.29) is 0 Å². The van der Waals surface area contributed by atoms with E-state index in [1.165, 1.54) is 84.5 Å². The van der Waals surface area contributed by atoms with Gasteiger partial charge in [-0.2, -0.15) is 0 Å². The molecule has 0 aromatic rings. The van der Waals surface area contributed by atoms with Crippen LogP contribution >= 0.6 is 0 Å². The number of hydrogen-bond acceptors (Lipinski definition) is 3. The second-order valence-electron chi connectivity index (χ2n) is 8.60. The summed E-state index contributed by atoms with van der Waals surface area (Å²) >= 11 is 0. The number of piperidine rings is 1. The molecule has 0 radical (unpaired) electrons. The van der Waals surface area contributed by atoms with Crippen molar-refractivity contribution in [2.75, 3.05) is 52.4 Å². The highest BCUT2D eigenvalue weighted by Gasteiger charge is 2.24. The molecule has 0 bridgehead atoms. The van der Waals surface area contributed by atoms with Gasteiger partial charge in [0.2, 0.25) is 0 Å². The van der Waals surface area contributed by atoms with Crippen molar-refractivity contribution in [3.8, 4) is 0 Å². The van der Waals surface area contributed by atoms with E-state index >= 15 is 0 Å². The first-order valence-electron chi connectivity index (χ1n) is 10.2. The number of unbranched alkanes of at least 4 members (excludes halogenated alkanes) is 1. The topological polar surface area (TPSA) is 9.72 Å². The van der Waals surface area contributed by atoms with Gasteiger partial charge in [-0.1, -0.05) is 26.7 Å². The summed E-state index contributed by atoms with van der Waals surface area (Å²) in [4.78, 5) is 8.07. The lowest BCUT2D eigenvalue weighted by molar-refractivity contribution is 0.0866. The average molecular weight is 324 g/mol. The molecule has 0 aromatic carbocycles. The van der Waals surface area contributed by atoms with E-state index in [2.05, 4.69) is 42.4 Å². The van der Waals surface area contributed by atoms with Gasteiger partial charge in [-0.15, -0.1) is 0 Å². The summed E-state index contributed by atoms with van der Waals surface area (Å²) in [5, 5.41) is 0. The maximum Gasteiger partial charge on any atom is 0.0110 e. The summed E-state index contributed by atoms with van der Waals surface area (Å²) in [6.07, 6.45) is 7.02. The molecule has 0 aromatic heterocycles. The van der Waals surface area contributed by atoms with Gasteiger partial charge >= 0.3 is 0 Å². The fraction of sp³-hybridized carbons (Fsp3) is 1.00. The third kappa shape index (κ3) is 7.11. The Bertz CT molecular complexity index is 300. The average Bonchev–Trinajstić information content (AvgIpc) is 2.53. The second-order valence-corrected chi connectivity index (χ2v) is 8.60. The predicted octanol–water partition coefficient (Wildman–Crippen LogP) is 3.55. The molecule has 0 amide bonds. The monoisotopic (exact) mass is 323 g/mol. The second kappa shape index (κ2) is 10.0. The molecule has 0 spiro atoms. The van der Waals surface area contributed by atoms with Gasteiger partial charge in [0.05, 0.1) is 0 Å². The Hall–Kier alpha value is -0.120. The van der Waals surface area contributed by atoms with E-state index in [9.17, 15) is 0 Å². The van der Waals surface area contributed by atoms with E-state index in [1.54, 1.807) is 0 Å². The smallest absolute Gasteiger partial charge is 0.0110 e. The molecule has 0 unspecified atom stereocenters. The van der Waals surface area contributed by atoms with Crippen molar-refractivity contribution in [1.82, 2.24) is 14.7 Å². The van der Waals surface area contributed by atoms with Crippen molar-refractivity contribution < 1.29 is 0 Å². The fourth-order valence-corrected chi connectivity index (χ4v) is 4.10. The lowest BCUT2D eigenvalue weighted by atomic mass is 9.95. The van der Waals surface area contributed by atoms with E-state index in [0.29, 0.717) is 0 Å². The van der Waals surface area contributed by atoms with Crippen LogP contribution in [0.2, 0.25) is 0 Å². The van der Waals surface area contributed by atoms with Gasteiger partial charge < -0.3 is 14.7 Å². The molecule has 0 saturated carbocycles. The minimum atomic E-state index is 0.732. The van der Waals surface area contributed by atoms with Crippen LogP contribution in [-0.2, 0) is 0 Å². The van der Waals surface area contributed by atoms with E-state index in [1.807, 2.05) is 0 Å². The van der Waals surface area contributed by atoms with Crippen molar-refractivity contribution >= 4 is 0 Å². The Labute approximate surface area is 145 Å². The van der Waals surface area contributed by atoms with Crippen LogP contribution in [0.4, 0.5) is 0 Å². The molecule has 23 heavy (non-hydrogen) atoms. The normalized spacial score (nSPS) is 23.2. The molecule has 3 nitrogen and oxygen atoms in total. The van der Waals surface area contributed by atoms with Gasteiger partial charge in [-0.3, -0.25) is 0 Å². The van der Waals surface area contributed by atoms with Crippen LogP contribution in [0.3, 0.4) is 0 Å². The number of hydrogen-bond donors (Lipinski definition) is 0. The van der Waals surface area contributed by atoms with E-state index in [0.717, 1.165) is 17.9 Å². The van der Waals surface area contributed by atoms with Crippen LogP contribution in [0.1, 0.15) is 59.8 Å².